The predicted octanol–water partition coefficient (Wildman–Crippen LogP) is 1.74. The standard InChI is InChI=1S/C12H11NO3/c1-13-7-6-9-10(14)4-2-8-3-5-11(15)16-12(8)9/h2-5,7,14H,6H2,1H3. The highest BCUT2D eigenvalue weighted by molar-refractivity contribution is 5.84. The number of aromatic hydroxyl groups is 1. The summed E-state index contributed by atoms with van der Waals surface area (Å²) in [6, 6.07) is 6.33. The van der Waals surface area contributed by atoms with Gasteiger partial charge in [-0.05, 0) is 18.2 Å². The Morgan fingerprint density at radius 1 is 1.38 bits per heavy atom. The summed E-state index contributed by atoms with van der Waals surface area (Å²) in [6.07, 6.45) is 2.09. The second kappa shape index (κ2) is 4.18. The molecule has 1 N–H and O–H groups in total. The molecule has 1 aromatic heterocycles. The molecule has 0 aliphatic heterocycles. The fourth-order valence-electron chi connectivity index (χ4n) is 1.56. The lowest BCUT2D eigenvalue weighted by Gasteiger charge is -2.04. The van der Waals surface area contributed by atoms with Crippen LogP contribution in [0.2, 0.25) is 0 Å². The van der Waals surface area contributed by atoms with Crippen LogP contribution in [0.3, 0.4) is 0 Å². The number of nitrogens with zero attached hydrogens (tertiary/aromatic N) is 1. The van der Waals surface area contributed by atoms with E-state index in [1.165, 1.54) is 6.07 Å². The number of rotatable bonds is 2. The number of benzene rings is 1. The van der Waals surface area contributed by atoms with Crippen molar-refractivity contribution in [3.8, 4) is 5.75 Å². The Labute approximate surface area is 91.9 Å². The Kier molecular flexibility index (Phi) is 2.72. The van der Waals surface area contributed by atoms with Gasteiger partial charge in [0.25, 0.3) is 0 Å². The van der Waals surface area contributed by atoms with Crippen LogP contribution in [0.15, 0.2) is 38.5 Å². The maximum absolute atomic E-state index is 11.1. The third kappa shape index (κ3) is 1.82. The molecular formula is C12H11NO3. The Balaban J connectivity index is 2.71. The molecule has 0 bridgehead atoms. The normalized spacial score (nSPS) is 11.3. The van der Waals surface area contributed by atoms with Crippen molar-refractivity contribution in [2.75, 3.05) is 7.05 Å². The molecule has 0 atom stereocenters. The molecule has 0 spiro atoms. The number of aliphatic imine (C=N–C) groups is 1. The number of hydrogen-bond donors (Lipinski definition) is 1. The van der Waals surface area contributed by atoms with E-state index in [0.717, 1.165) is 5.39 Å². The Hall–Kier alpha value is -2.10. The summed E-state index contributed by atoms with van der Waals surface area (Å²) in [6.45, 7) is 0. The lowest BCUT2D eigenvalue weighted by molar-refractivity contribution is 0.467. The lowest BCUT2D eigenvalue weighted by atomic mass is 10.1. The van der Waals surface area contributed by atoms with E-state index < -0.39 is 5.63 Å². The monoisotopic (exact) mass is 217 g/mol. The number of phenols is 1. The summed E-state index contributed by atoms with van der Waals surface area (Å²) in [5.41, 5.74) is 0.584. The SMILES string of the molecule is CN=CCc1c(O)ccc2ccc(=O)oc12. The number of phenolic OH excluding ortho intramolecular Hbond substituents is 1. The molecule has 1 heterocycles. The molecule has 0 saturated carbocycles. The van der Waals surface area contributed by atoms with E-state index in [1.807, 2.05) is 0 Å². The van der Waals surface area contributed by atoms with Crippen molar-refractivity contribution in [3.63, 3.8) is 0 Å². The second-order valence-corrected chi connectivity index (χ2v) is 3.38. The van der Waals surface area contributed by atoms with Crippen LogP contribution in [-0.2, 0) is 6.42 Å². The minimum Gasteiger partial charge on any atom is -0.508 e. The Morgan fingerprint density at radius 2 is 2.12 bits per heavy atom. The first kappa shape index (κ1) is 10.4. The molecule has 4 nitrogen and oxygen atoms in total. The smallest absolute Gasteiger partial charge is 0.336 e. The minimum absolute atomic E-state index is 0.113. The first-order valence-electron chi connectivity index (χ1n) is 4.87. The molecule has 0 radical (unpaired) electrons. The Bertz CT molecular complexity index is 599. The van der Waals surface area contributed by atoms with Crippen molar-refractivity contribution in [2.45, 2.75) is 6.42 Å². The molecule has 0 unspecified atom stereocenters. The summed E-state index contributed by atoms with van der Waals surface area (Å²) in [7, 11) is 1.65. The van der Waals surface area contributed by atoms with E-state index in [0.29, 0.717) is 17.6 Å². The molecule has 0 aliphatic rings. The van der Waals surface area contributed by atoms with Gasteiger partial charge in [0.05, 0.1) is 0 Å². The molecule has 0 fully saturated rings. The molecule has 0 amide bonds. The molecule has 1 aromatic carbocycles. The van der Waals surface area contributed by atoms with Gasteiger partial charge in [-0.25, -0.2) is 4.79 Å². The van der Waals surface area contributed by atoms with Gasteiger partial charge in [-0.1, -0.05) is 0 Å². The van der Waals surface area contributed by atoms with Gasteiger partial charge >= 0.3 is 5.63 Å². The van der Waals surface area contributed by atoms with E-state index in [4.69, 9.17) is 4.42 Å². The molecule has 82 valence electrons. The van der Waals surface area contributed by atoms with Crippen LogP contribution < -0.4 is 5.63 Å². The molecular weight excluding hydrogens is 206 g/mol. The largest absolute Gasteiger partial charge is 0.508 e. The van der Waals surface area contributed by atoms with Gasteiger partial charge < -0.3 is 14.5 Å². The average molecular weight is 217 g/mol. The predicted molar refractivity (Wildman–Crippen MR) is 62.3 cm³/mol. The van der Waals surface area contributed by atoms with Gasteiger partial charge in [0.2, 0.25) is 0 Å². The summed E-state index contributed by atoms with van der Waals surface area (Å²) in [4.78, 5) is 15.0. The quantitative estimate of drug-likeness (QED) is 0.615. The highest BCUT2D eigenvalue weighted by atomic mass is 16.4. The first-order valence-corrected chi connectivity index (χ1v) is 4.87. The van der Waals surface area contributed by atoms with Crippen LogP contribution >= 0.6 is 0 Å². The van der Waals surface area contributed by atoms with Crippen LogP contribution in [0.25, 0.3) is 11.0 Å². The maximum atomic E-state index is 11.1. The molecule has 2 aromatic rings. The van der Waals surface area contributed by atoms with Crippen LogP contribution in [0.5, 0.6) is 5.75 Å². The van der Waals surface area contributed by atoms with Gasteiger partial charge in [-0.2, -0.15) is 0 Å². The third-order valence-electron chi connectivity index (χ3n) is 2.35. The van der Waals surface area contributed by atoms with Crippen LogP contribution in [0.1, 0.15) is 5.56 Å². The summed E-state index contributed by atoms with van der Waals surface area (Å²) in [5.74, 6) is 0.113. The minimum atomic E-state index is -0.423. The van der Waals surface area contributed by atoms with Gasteiger partial charge in [0.15, 0.2) is 0 Å². The highest BCUT2D eigenvalue weighted by Gasteiger charge is 2.08. The van der Waals surface area contributed by atoms with E-state index in [9.17, 15) is 9.90 Å². The zero-order valence-corrected chi connectivity index (χ0v) is 8.80. The van der Waals surface area contributed by atoms with Gasteiger partial charge in [0.1, 0.15) is 11.3 Å². The zero-order chi connectivity index (χ0) is 11.5. The summed E-state index contributed by atoms with van der Waals surface area (Å²) in [5, 5.41) is 10.5. The van der Waals surface area contributed by atoms with E-state index in [2.05, 4.69) is 4.99 Å². The van der Waals surface area contributed by atoms with Crippen LogP contribution in [0.4, 0.5) is 0 Å². The van der Waals surface area contributed by atoms with Crippen molar-refractivity contribution < 1.29 is 9.52 Å². The fourth-order valence-corrected chi connectivity index (χ4v) is 1.56. The Morgan fingerprint density at radius 3 is 2.88 bits per heavy atom. The summed E-state index contributed by atoms with van der Waals surface area (Å²) < 4.78 is 5.09. The topological polar surface area (TPSA) is 62.8 Å². The average Bonchev–Trinajstić information content (AvgIpc) is 2.28. The van der Waals surface area contributed by atoms with Crippen molar-refractivity contribution in [1.82, 2.24) is 0 Å². The van der Waals surface area contributed by atoms with Crippen molar-refractivity contribution in [3.05, 3.63) is 40.2 Å². The molecule has 0 saturated heterocycles. The first-order chi connectivity index (χ1) is 7.72. The van der Waals surface area contributed by atoms with Crippen molar-refractivity contribution in [1.29, 1.82) is 0 Å². The second-order valence-electron chi connectivity index (χ2n) is 3.38. The van der Waals surface area contributed by atoms with Gasteiger partial charge in [0, 0.05) is 36.7 Å². The summed E-state index contributed by atoms with van der Waals surface area (Å²) >= 11 is 0. The fraction of sp³-hybridized carbons (Fsp3) is 0.167. The van der Waals surface area contributed by atoms with Crippen molar-refractivity contribution in [2.24, 2.45) is 4.99 Å². The van der Waals surface area contributed by atoms with E-state index in [1.54, 1.807) is 31.5 Å². The third-order valence-corrected chi connectivity index (χ3v) is 2.35. The highest BCUT2D eigenvalue weighted by Crippen LogP contribution is 2.26. The molecule has 0 aliphatic carbocycles. The zero-order valence-electron chi connectivity index (χ0n) is 8.80. The number of fused-ring (bicyclic) bond motifs is 1. The number of hydrogen-bond acceptors (Lipinski definition) is 4. The molecule has 16 heavy (non-hydrogen) atoms. The van der Waals surface area contributed by atoms with Crippen molar-refractivity contribution >= 4 is 17.2 Å². The van der Waals surface area contributed by atoms with Crippen LogP contribution in [0, 0.1) is 0 Å². The van der Waals surface area contributed by atoms with Crippen LogP contribution in [-0.4, -0.2) is 18.4 Å². The van der Waals surface area contributed by atoms with Gasteiger partial charge in [-0.15, -0.1) is 0 Å². The maximum Gasteiger partial charge on any atom is 0.336 e. The molecule has 4 heteroatoms. The lowest BCUT2D eigenvalue weighted by Crippen LogP contribution is -1.98. The van der Waals surface area contributed by atoms with E-state index >= 15 is 0 Å². The van der Waals surface area contributed by atoms with Gasteiger partial charge in [-0.3, -0.25) is 0 Å². The van der Waals surface area contributed by atoms with E-state index in [-0.39, 0.29) is 5.75 Å². The molecule has 2 rings (SSSR count).